The smallest absolute Gasteiger partial charge is 0.341 e. The van der Waals surface area contributed by atoms with Crippen molar-refractivity contribution in [3.8, 4) is 16.2 Å². The van der Waals surface area contributed by atoms with E-state index in [4.69, 9.17) is 9.47 Å². The summed E-state index contributed by atoms with van der Waals surface area (Å²) in [6.07, 6.45) is 0.208. The first kappa shape index (κ1) is 21.1. The second-order valence-electron chi connectivity index (χ2n) is 6.24. The molecule has 0 aliphatic rings. The highest BCUT2D eigenvalue weighted by atomic mass is 32.1. The van der Waals surface area contributed by atoms with Crippen LogP contribution in [0.1, 0.15) is 34.6 Å². The molecule has 5 nitrogen and oxygen atoms in total. The fraction of sp³-hybridized carbons (Fsp3) is 0.273. The fourth-order valence-corrected chi connectivity index (χ4v) is 4.95. The number of hydrogen-bond acceptors (Lipinski definition) is 6. The molecule has 7 heteroatoms. The van der Waals surface area contributed by atoms with E-state index in [0.29, 0.717) is 17.2 Å². The molecule has 0 radical (unpaired) electrons. The Hall–Kier alpha value is -2.64. The summed E-state index contributed by atoms with van der Waals surface area (Å²) in [5, 5.41) is 5.41. The zero-order valence-electron chi connectivity index (χ0n) is 16.6. The minimum absolute atomic E-state index is 0.182. The summed E-state index contributed by atoms with van der Waals surface area (Å²) in [4.78, 5) is 27.2. The topological polar surface area (TPSA) is 64.6 Å². The Kier molecular flexibility index (Phi) is 7.06. The van der Waals surface area contributed by atoms with E-state index in [1.807, 2.05) is 55.6 Å². The lowest BCUT2D eigenvalue weighted by Crippen LogP contribution is -2.16. The molecule has 3 aromatic rings. The maximum absolute atomic E-state index is 12.7. The number of carbonyl (C=O) groups excluding carboxylic acids is 2. The molecule has 0 atom stereocenters. The van der Waals surface area contributed by atoms with Crippen LogP contribution in [0.3, 0.4) is 0 Å². The van der Waals surface area contributed by atoms with Crippen LogP contribution < -0.4 is 10.1 Å². The minimum Gasteiger partial charge on any atom is -0.494 e. The average molecular weight is 430 g/mol. The van der Waals surface area contributed by atoms with Gasteiger partial charge in [0.1, 0.15) is 16.3 Å². The van der Waals surface area contributed by atoms with Crippen LogP contribution in [0.15, 0.2) is 41.8 Å². The summed E-state index contributed by atoms with van der Waals surface area (Å²) < 4.78 is 10.7. The first-order valence-electron chi connectivity index (χ1n) is 9.39. The second kappa shape index (κ2) is 9.71. The lowest BCUT2D eigenvalue weighted by molar-refractivity contribution is -0.115. The number of esters is 1. The van der Waals surface area contributed by atoms with E-state index in [2.05, 4.69) is 5.32 Å². The highest BCUT2D eigenvalue weighted by molar-refractivity contribution is 7.18. The molecule has 0 bridgehead atoms. The SMILES string of the molecule is CCOC(=O)c1c(NC(=O)Cc2ccc(OCC)cc2)sc(C)c1-c1cccs1. The van der Waals surface area contributed by atoms with Crippen molar-refractivity contribution in [3.63, 3.8) is 0 Å². The van der Waals surface area contributed by atoms with Crippen LogP contribution in [-0.2, 0) is 16.0 Å². The Morgan fingerprint density at radius 1 is 1.07 bits per heavy atom. The van der Waals surface area contributed by atoms with E-state index in [1.54, 1.807) is 18.3 Å². The number of anilines is 1. The van der Waals surface area contributed by atoms with Crippen LogP contribution in [0, 0.1) is 6.92 Å². The molecular weight excluding hydrogens is 406 g/mol. The number of nitrogens with one attached hydrogen (secondary N) is 1. The standard InChI is InChI=1S/C22H23NO4S2/c1-4-26-16-10-8-15(9-11-16)13-18(24)23-21-20(22(25)27-5-2)19(14(3)29-21)17-7-6-12-28-17/h6-12H,4-5,13H2,1-3H3,(H,23,24). The van der Waals surface area contributed by atoms with Crippen molar-refractivity contribution in [3.05, 3.63) is 57.8 Å². The molecule has 0 spiro atoms. The van der Waals surface area contributed by atoms with Gasteiger partial charge in [-0.15, -0.1) is 22.7 Å². The molecular formula is C22H23NO4S2. The Morgan fingerprint density at radius 3 is 2.45 bits per heavy atom. The molecule has 0 aliphatic heterocycles. The van der Waals surface area contributed by atoms with Crippen LogP contribution >= 0.6 is 22.7 Å². The number of aryl methyl sites for hydroxylation is 1. The van der Waals surface area contributed by atoms with Gasteiger partial charge in [0.25, 0.3) is 0 Å². The molecule has 0 aliphatic carbocycles. The highest BCUT2D eigenvalue weighted by Gasteiger charge is 2.26. The molecule has 0 saturated heterocycles. The molecule has 0 unspecified atom stereocenters. The maximum Gasteiger partial charge on any atom is 0.341 e. The van der Waals surface area contributed by atoms with Crippen molar-refractivity contribution in [2.45, 2.75) is 27.2 Å². The monoisotopic (exact) mass is 429 g/mol. The first-order chi connectivity index (χ1) is 14.0. The van der Waals surface area contributed by atoms with E-state index in [1.165, 1.54) is 11.3 Å². The van der Waals surface area contributed by atoms with Crippen molar-refractivity contribution in [2.75, 3.05) is 18.5 Å². The van der Waals surface area contributed by atoms with Crippen molar-refractivity contribution >= 4 is 39.6 Å². The third kappa shape index (κ3) is 5.05. The molecule has 0 saturated carbocycles. The van der Waals surface area contributed by atoms with E-state index in [9.17, 15) is 9.59 Å². The van der Waals surface area contributed by atoms with Gasteiger partial charge in [-0.25, -0.2) is 4.79 Å². The molecule has 2 aromatic heterocycles. The van der Waals surface area contributed by atoms with Crippen LogP contribution in [-0.4, -0.2) is 25.1 Å². The van der Waals surface area contributed by atoms with E-state index < -0.39 is 5.97 Å². The van der Waals surface area contributed by atoms with Gasteiger partial charge in [0.05, 0.1) is 19.6 Å². The summed E-state index contributed by atoms with van der Waals surface area (Å²) in [5.74, 6) is 0.172. The van der Waals surface area contributed by atoms with Crippen molar-refractivity contribution in [1.82, 2.24) is 0 Å². The predicted octanol–water partition coefficient (Wildman–Crippen LogP) is 5.54. The number of ether oxygens (including phenoxy) is 2. The van der Waals surface area contributed by atoms with Crippen molar-refractivity contribution in [1.29, 1.82) is 0 Å². The quantitative estimate of drug-likeness (QED) is 0.477. The van der Waals surface area contributed by atoms with Gasteiger partial charge in [-0.2, -0.15) is 0 Å². The van der Waals surface area contributed by atoms with Gasteiger partial charge in [-0.3, -0.25) is 4.79 Å². The Labute approximate surface area is 178 Å². The molecule has 0 fully saturated rings. The molecule has 1 aromatic carbocycles. The lowest BCUT2D eigenvalue weighted by Gasteiger charge is -2.09. The van der Waals surface area contributed by atoms with E-state index in [-0.39, 0.29) is 18.9 Å². The Morgan fingerprint density at radius 2 is 1.83 bits per heavy atom. The van der Waals surface area contributed by atoms with Crippen LogP contribution in [0.4, 0.5) is 5.00 Å². The number of carbonyl (C=O) groups is 2. The molecule has 1 N–H and O–H groups in total. The van der Waals surface area contributed by atoms with Gasteiger partial charge in [-0.05, 0) is 49.9 Å². The summed E-state index contributed by atoms with van der Waals surface area (Å²) in [7, 11) is 0. The second-order valence-corrected chi connectivity index (χ2v) is 8.41. The van der Waals surface area contributed by atoms with Gasteiger partial charge in [0.2, 0.25) is 5.91 Å². The normalized spacial score (nSPS) is 10.6. The van der Waals surface area contributed by atoms with Crippen LogP contribution in [0.25, 0.3) is 10.4 Å². The largest absolute Gasteiger partial charge is 0.494 e. The van der Waals surface area contributed by atoms with Gasteiger partial charge in [-0.1, -0.05) is 18.2 Å². The fourth-order valence-electron chi connectivity index (χ4n) is 2.97. The first-order valence-corrected chi connectivity index (χ1v) is 11.1. The number of thiophene rings is 2. The summed E-state index contributed by atoms with van der Waals surface area (Å²) in [6, 6.07) is 11.3. The van der Waals surface area contributed by atoms with Crippen LogP contribution in [0.2, 0.25) is 0 Å². The minimum atomic E-state index is -0.420. The number of hydrogen-bond donors (Lipinski definition) is 1. The third-order valence-corrected chi connectivity index (χ3v) is 6.09. The van der Waals surface area contributed by atoms with Crippen molar-refractivity contribution < 1.29 is 19.1 Å². The molecule has 1 amide bonds. The van der Waals surface area contributed by atoms with Gasteiger partial charge < -0.3 is 14.8 Å². The average Bonchev–Trinajstić information content (AvgIpc) is 3.31. The molecule has 2 heterocycles. The lowest BCUT2D eigenvalue weighted by atomic mass is 10.1. The number of amides is 1. The molecule has 3 rings (SSSR count). The Balaban J connectivity index is 1.83. The number of rotatable bonds is 8. The predicted molar refractivity (Wildman–Crippen MR) is 118 cm³/mol. The van der Waals surface area contributed by atoms with Gasteiger partial charge in [0, 0.05) is 15.3 Å². The van der Waals surface area contributed by atoms with E-state index in [0.717, 1.165) is 26.6 Å². The zero-order valence-corrected chi connectivity index (χ0v) is 18.2. The van der Waals surface area contributed by atoms with Crippen molar-refractivity contribution in [2.24, 2.45) is 0 Å². The third-order valence-electron chi connectivity index (χ3n) is 4.18. The van der Waals surface area contributed by atoms with Gasteiger partial charge >= 0.3 is 5.97 Å². The van der Waals surface area contributed by atoms with E-state index >= 15 is 0 Å². The number of benzene rings is 1. The zero-order chi connectivity index (χ0) is 20.8. The van der Waals surface area contributed by atoms with Gasteiger partial charge in [0.15, 0.2) is 0 Å². The maximum atomic E-state index is 12.7. The van der Waals surface area contributed by atoms with Crippen LogP contribution in [0.5, 0.6) is 5.75 Å². The highest BCUT2D eigenvalue weighted by Crippen LogP contribution is 2.42. The molecule has 29 heavy (non-hydrogen) atoms. The summed E-state index contributed by atoms with van der Waals surface area (Å²) in [5.41, 5.74) is 2.13. The molecule has 152 valence electrons. The Bertz CT molecular complexity index is 975. The summed E-state index contributed by atoms with van der Waals surface area (Å²) >= 11 is 2.95. The summed E-state index contributed by atoms with van der Waals surface area (Å²) in [6.45, 7) is 6.52.